The van der Waals surface area contributed by atoms with Gasteiger partial charge in [0.2, 0.25) is 5.88 Å². The van der Waals surface area contributed by atoms with Crippen LogP contribution in [-0.4, -0.2) is 40.3 Å². The molecule has 146 valence electrons. The Morgan fingerprint density at radius 2 is 1.89 bits per heavy atom. The summed E-state index contributed by atoms with van der Waals surface area (Å²) in [5, 5.41) is 4.47. The van der Waals surface area contributed by atoms with Crippen molar-refractivity contribution in [3.8, 4) is 5.88 Å². The maximum Gasteiger partial charge on any atom is 0.260 e. The van der Waals surface area contributed by atoms with E-state index in [4.69, 9.17) is 4.74 Å². The van der Waals surface area contributed by atoms with Crippen molar-refractivity contribution >= 4 is 5.91 Å². The number of hydrogen-bond donors (Lipinski definition) is 0. The molecule has 0 aliphatic carbocycles. The first-order chi connectivity index (χ1) is 13.2. The number of ether oxygens (including phenoxy) is 1. The molecule has 1 aliphatic rings. The second kappa shape index (κ2) is 9.58. The molecular weight excluding hydrogens is 338 g/mol. The van der Waals surface area contributed by atoms with Crippen LogP contribution in [0.5, 0.6) is 5.88 Å². The summed E-state index contributed by atoms with van der Waals surface area (Å²) in [5.74, 6) is 1.19. The van der Waals surface area contributed by atoms with E-state index in [9.17, 15) is 4.79 Å². The molecule has 2 aromatic rings. The van der Waals surface area contributed by atoms with Crippen molar-refractivity contribution in [1.82, 2.24) is 14.7 Å². The van der Waals surface area contributed by atoms with E-state index in [0.29, 0.717) is 24.0 Å². The molecule has 2 heterocycles. The Bertz CT molecular complexity index is 718. The highest BCUT2D eigenvalue weighted by Gasteiger charge is 2.27. The number of aryl methyl sites for hydroxylation is 1. The van der Waals surface area contributed by atoms with Gasteiger partial charge in [-0.3, -0.25) is 9.48 Å². The number of hydrogen-bond acceptors (Lipinski definition) is 3. The fourth-order valence-electron chi connectivity index (χ4n) is 3.66. The van der Waals surface area contributed by atoms with E-state index in [1.165, 1.54) is 5.56 Å². The largest absolute Gasteiger partial charge is 0.476 e. The zero-order valence-corrected chi connectivity index (χ0v) is 16.6. The van der Waals surface area contributed by atoms with Crippen LogP contribution < -0.4 is 4.74 Å². The van der Waals surface area contributed by atoms with E-state index in [-0.39, 0.29) is 5.91 Å². The molecule has 0 N–H and O–H groups in total. The summed E-state index contributed by atoms with van der Waals surface area (Å²) in [4.78, 5) is 15.0. The number of nitrogens with zero attached hydrogens (tertiary/aromatic N) is 3. The number of benzene rings is 1. The molecule has 1 fully saturated rings. The Morgan fingerprint density at radius 3 is 2.56 bits per heavy atom. The average molecular weight is 370 g/mol. The number of carbonyl (C=O) groups is 1. The Labute approximate surface area is 162 Å². The molecule has 1 aliphatic heterocycles. The van der Waals surface area contributed by atoms with E-state index in [1.54, 1.807) is 0 Å². The van der Waals surface area contributed by atoms with Crippen molar-refractivity contribution in [2.75, 3.05) is 19.7 Å². The molecular formula is C22H31N3O2. The van der Waals surface area contributed by atoms with Gasteiger partial charge in [-0.15, -0.1) is 5.10 Å². The third-order valence-electron chi connectivity index (χ3n) is 5.12. The van der Waals surface area contributed by atoms with Gasteiger partial charge >= 0.3 is 0 Å². The Morgan fingerprint density at radius 1 is 1.15 bits per heavy atom. The molecule has 5 nitrogen and oxygen atoms in total. The molecule has 1 amide bonds. The highest BCUT2D eigenvalue weighted by Crippen LogP contribution is 2.25. The molecule has 27 heavy (non-hydrogen) atoms. The normalized spacial score (nSPS) is 15.1. The smallest absolute Gasteiger partial charge is 0.260 e. The van der Waals surface area contributed by atoms with Crippen molar-refractivity contribution in [3.05, 3.63) is 47.7 Å². The predicted octanol–water partition coefficient (Wildman–Crippen LogP) is 4.18. The van der Waals surface area contributed by atoms with Gasteiger partial charge < -0.3 is 9.64 Å². The van der Waals surface area contributed by atoms with Crippen LogP contribution >= 0.6 is 0 Å². The molecule has 0 radical (unpaired) electrons. The monoisotopic (exact) mass is 369 g/mol. The van der Waals surface area contributed by atoms with Gasteiger partial charge in [0, 0.05) is 25.8 Å². The lowest BCUT2D eigenvalue weighted by Crippen LogP contribution is -2.39. The number of rotatable bonds is 8. The molecule has 0 unspecified atom stereocenters. The summed E-state index contributed by atoms with van der Waals surface area (Å²) in [5.41, 5.74) is 2.00. The van der Waals surface area contributed by atoms with Crippen molar-refractivity contribution < 1.29 is 9.53 Å². The van der Waals surface area contributed by atoms with Crippen LogP contribution in [0.3, 0.4) is 0 Å². The predicted molar refractivity (Wildman–Crippen MR) is 107 cm³/mol. The molecule has 0 saturated carbocycles. The third-order valence-corrected chi connectivity index (χ3v) is 5.12. The summed E-state index contributed by atoms with van der Waals surface area (Å²) in [6.07, 6.45) is 6.94. The number of likely N-dealkylation sites (tertiary alicyclic amines) is 1. The lowest BCUT2D eigenvalue weighted by atomic mass is 9.90. The zero-order valence-electron chi connectivity index (χ0n) is 16.6. The molecule has 0 atom stereocenters. The van der Waals surface area contributed by atoms with Crippen molar-refractivity contribution in [3.63, 3.8) is 0 Å². The lowest BCUT2D eigenvalue weighted by Gasteiger charge is -2.32. The second-order valence-electron chi connectivity index (χ2n) is 7.38. The van der Waals surface area contributed by atoms with Crippen LogP contribution in [0, 0.1) is 5.92 Å². The van der Waals surface area contributed by atoms with Crippen LogP contribution in [0.15, 0.2) is 36.5 Å². The van der Waals surface area contributed by atoms with Crippen molar-refractivity contribution in [2.45, 2.75) is 52.5 Å². The van der Waals surface area contributed by atoms with Crippen LogP contribution in [0.4, 0.5) is 0 Å². The average Bonchev–Trinajstić information content (AvgIpc) is 3.10. The summed E-state index contributed by atoms with van der Waals surface area (Å²) in [7, 11) is 0. The van der Waals surface area contributed by atoms with E-state index in [2.05, 4.69) is 49.3 Å². The van der Waals surface area contributed by atoms with Crippen molar-refractivity contribution in [1.29, 1.82) is 0 Å². The van der Waals surface area contributed by atoms with E-state index in [0.717, 1.165) is 51.7 Å². The van der Waals surface area contributed by atoms with Crippen molar-refractivity contribution in [2.24, 2.45) is 5.92 Å². The number of piperidine rings is 1. The van der Waals surface area contributed by atoms with Gasteiger partial charge in [0.25, 0.3) is 5.91 Å². The van der Waals surface area contributed by atoms with Gasteiger partial charge in [-0.1, -0.05) is 44.2 Å². The minimum Gasteiger partial charge on any atom is -0.476 e. The fourth-order valence-corrected chi connectivity index (χ4v) is 3.66. The highest BCUT2D eigenvalue weighted by atomic mass is 16.5. The Hall–Kier alpha value is -2.30. The second-order valence-corrected chi connectivity index (χ2v) is 7.38. The standard InChI is InChI=1S/C22H31N3O2/c1-3-12-25-17-20(21(23-25)27-15-4-2)22(26)24-13-10-19(11-14-24)16-18-8-6-5-7-9-18/h5-9,17,19H,3-4,10-16H2,1-2H3. The van der Waals surface area contributed by atoms with Gasteiger partial charge in [0.05, 0.1) is 6.61 Å². The van der Waals surface area contributed by atoms with E-state index >= 15 is 0 Å². The number of carbonyl (C=O) groups excluding carboxylic acids is 1. The first-order valence-electron chi connectivity index (χ1n) is 10.2. The van der Waals surface area contributed by atoms with Gasteiger partial charge in [-0.2, -0.15) is 0 Å². The van der Waals surface area contributed by atoms with Crippen LogP contribution in [-0.2, 0) is 13.0 Å². The first kappa shape index (κ1) is 19.5. The molecule has 0 bridgehead atoms. The lowest BCUT2D eigenvalue weighted by molar-refractivity contribution is 0.0686. The SMILES string of the molecule is CCCOc1nn(CCC)cc1C(=O)N1CCC(Cc2ccccc2)CC1. The van der Waals surface area contributed by atoms with Gasteiger partial charge in [0.15, 0.2) is 0 Å². The minimum absolute atomic E-state index is 0.0571. The third kappa shape index (κ3) is 5.12. The molecule has 5 heteroatoms. The van der Waals surface area contributed by atoms with Gasteiger partial charge in [-0.05, 0) is 43.6 Å². The summed E-state index contributed by atoms with van der Waals surface area (Å²) >= 11 is 0. The Balaban J connectivity index is 1.61. The molecule has 1 saturated heterocycles. The zero-order chi connectivity index (χ0) is 19.1. The fraction of sp³-hybridized carbons (Fsp3) is 0.545. The quantitative estimate of drug-likeness (QED) is 0.701. The molecule has 0 spiro atoms. The molecule has 3 rings (SSSR count). The van der Waals surface area contributed by atoms with Gasteiger partial charge in [0.1, 0.15) is 5.56 Å². The summed E-state index contributed by atoms with van der Waals surface area (Å²) in [6.45, 7) is 7.16. The summed E-state index contributed by atoms with van der Waals surface area (Å²) in [6, 6.07) is 10.6. The maximum absolute atomic E-state index is 13.1. The van der Waals surface area contributed by atoms with E-state index in [1.807, 2.05) is 15.8 Å². The number of amides is 1. The highest BCUT2D eigenvalue weighted by molar-refractivity contribution is 5.96. The topological polar surface area (TPSA) is 47.4 Å². The van der Waals surface area contributed by atoms with Gasteiger partial charge in [-0.25, -0.2) is 0 Å². The van der Waals surface area contributed by atoms with Crippen LogP contribution in [0.1, 0.15) is 55.5 Å². The number of aromatic nitrogens is 2. The summed E-state index contributed by atoms with van der Waals surface area (Å²) < 4.78 is 7.58. The van der Waals surface area contributed by atoms with Crippen LogP contribution in [0.2, 0.25) is 0 Å². The molecule has 1 aromatic heterocycles. The Kier molecular flexibility index (Phi) is 6.91. The van der Waals surface area contributed by atoms with E-state index < -0.39 is 0 Å². The van der Waals surface area contributed by atoms with Crippen LogP contribution in [0.25, 0.3) is 0 Å². The first-order valence-corrected chi connectivity index (χ1v) is 10.2. The maximum atomic E-state index is 13.1. The minimum atomic E-state index is 0.0571. The molecule has 1 aromatic carbocycles.